The van der Waals surface area contributed by atoms with Gasteiger partial charge in [-0.3, -0.25) is 14.5 Å². The van der Waals surface area contributed by atoms with Gasteiger partial charge >= 0.3 is 11.8 Å². The number of carbonyl (C=O) groups excluding carboxylic acids is 2. The number of nitrogens with one attached hydrogen (secondary N) is 2. The van der Waals surface area contributed by atoms with Crippen molar-refractivity contribution in [1.29, 1.82) is 0 Å². The van der Waals surface area contributed by atoms with Crippen molar-refractivity contribution in [3.05, 3.63) is 40.6 Å². The Morgan fingerprint density at radius 1 is 1.10 bits per heavy atom. The molecule has 8 heteroatoms. The van der Waals surface area contributed by atoms with Crippen LogP contribution in [-0.2, 0) is 9.59 Å². The summed E-state index contributed by atoms with van der Waals surface area (Å²) in [5.41, 5.74) is 1.59. The van der Waals surface area contributed by atoms with E-state index in [1.807, 2.05) is 5.38 Å². The lowest BCUT2D eigenvalue weighted by atomic mass is 10.0. The van der Waals surface area contributed by atoms with Crippen LogP contribution in [0.2, 0.25) is 0 Å². The summed E-state index contributed by atoms with van der Waals surface area (Å²) in [5.74, 6) is -0.365. The molecule has 1 saturated heterocycles. The Morgan fingerprint density at radius 3 is 2.55 bits per heavy atom. The van der Waals surface area contributed by atoms with E-state index in [0.29, 0.717) is 23.7 Å². The Balaban J connectivity index is 1.62. The third-order valence-electron chi connectivity index (χ3n) is 5.08. The zero-order valence-electron chi connectivity index (χ0n) is 16.8. The highest BCUT2D eigenvalue weighted by molar-refractivity contribution is 7.08. The lowest BCUT2D eigenvalue weighted by Gasteiger charge is -2.34. The second kappa shape index (κ2) is 10.3. The lowest BCUT2D eigenvalue weighted by molar-refractivity contribution is -0.136. The summed E-state index contributed by atoms with van der Waals surface area (Å²) >= 11 is 1.64. The normalized spacial score (nSPS) is 15.4. The van der Waals surface area contributed by atoms with Crippen LogP contribution >= 0.6 is 11.3 Å². The van der Waals surface area contributed by atoms with Crippen LogP contribution in [0.1, 0.15) is 30.9 Å². The summed E-state index contributed by atoms with van der Waals surface area (Å²) in [7, 11) is 3.04. The van der Waals surface area contributed by atoms with Gasteiger partial charge in [0.05, 0.1) is 25.9 Å². The van der Waals surface area contributed by atoms with Crippen molar-refractivity contribution in [3.63, 3.8) is 0 Å². The van der Waals surface area contributed by atoms with E-state index >= 15 is 0 Å². The molecule has 2 amide bonds. The summed E-state index contributed by atoms with van der Waals surface area (Å²) in [6.07, 6.45) is 3.56. The highest BCUT2D eigenvalue weighted by Crippen LogP contribution is 2.29. The fourth-order valence-corrected chi connectivity index (χ4v) is 4.21. The van der Waals surface area contributed by atoms with E-state index in [-0.39, 0.29) is 6.04 Å². The Hall–Kier alpha value is -2.58. The minimum Gasteiger partial charge on any atom is -0.497 e. The van der Waals surface area contributed by atoms with Crippen LogP contribution in [0.15, 0.2) is 35.0 Å². The van der Waals surface area contributed by atoms with Crippen LogP contribution in [0.4, 0.5) is 5.69 Å². The third-order valence-corrected chi connectivity index (χ3v) is 5.78. The number of ether oxygens (including phenoxy) is 2. The van der Waals surface area contributed by atoms with E-state index in [9.17, 15) is 9.59 Å². The number of thiophene rings is 1. The second-order valence-corrected chi connectivity index (χ2v) is 7.68. The number of piperidine rings is 1. The number of nitrogens with zero attached hydrogens (tertiary/aromatic N) is 1. The van der Waals surface area contributed by atoms with E-state index in [1.165, 1.54) is 19.1 Å². The van der Waals surface area contributed by atoms with Crippen LogP contribution in [-0.4, -0.2) is 50.6 Å². The molecule has 1 unspecified atom stereocenters. The van der Waals surface area contributed by atoms with Crippen LogP contribution in [0, 0.1) is 0 Å². The fourth-order valence-electron chi connectivity index (χ4n) is 3.50. The highest BCUT2D eigenvalue weighted by Gasteiger charge is 2.24. The molecule has 0 aliphatic carbocycles. The van der Waals surface area contributed by atoms with Crippen LogP contribution in [0.3, 0.4) is 0 Å². The average Bonchev–Trinajstić information content (AvgIpc) is 3.29. The van der Waals surface area contributed by atoms with E-state index in [0.717, 1.165) is 25.9 Å². The first kappa shape index (κ1) is 21.1. The summed E-state index contributed by atoms with van der Waals surface area (Å²) in [4.78, 5) is 27.2. The molecule has 0 radical (unpaired) electrons. The molecule has 2 heterocycles. The molecule has 29 heavy (non-hydrogen) atoms. The van der Waals surface area contributed by atoms with Crippen molar-refractivity contribution < 1.29 is 19.1 Å². The molecular weight excluding hydrogens is 390 g/mol. The minimum absolute atomic E-state index is 0.0776. The number of likely N-dealkylation sites (tertiary alicyclic amines) is 1. The molecule has 3 rings (SSSR count). The van der Waals surface area contributed by atoms with Gasteiger partial charge < -0.3 is 20.1 Å². The Morgan fingerprint density at radius 2 is 1.90 bits per heavy atom. The van der Waals surface area contributed by atoms with Crippen LogP contribution in [0.25, 0.3) is 0 Å². The molecule has 1 aromatic carbocycles. The van der Waals surface area contributed by atoms with Crippen LogP contribution in [0.5, 0.6) is 11.5 Å². The lowest BCUT2D eigenvalue weighted by Crippen LogP contribution is -2.43. The molecule has 2 aromatic rings. The van der Waals surface area contributed by atoms with Gasteiger partial charge in [0.1, 0.15) is 11.5 Å². The zero-order chi connectivity index (χ0) is 20.6. The van der Waals surface area contributed by atoms with E-state index < -0.39 is 11.8 Å². The van der Waals surface area contributed by atoms with Gasteiger partial charge in [-0.2, -0.15) is 11.3 Å². The van der Waals surface area contributed by atoms with E-state index in [4.69, 9.17) is 9.47 Å². The molecule has 7 nitrogen and oxygen atoms in total. The van der Waals surface area contributed by atoms with E-state index in [2.05, 4.69) is 27.0 Å². The Bertz CT molecular complexity index is 819. The number of benzene rings is 1. The van der Waals surface area contributed by atoms with Gasteiger partial charge in [0.15, 0.2) is 0 Å². The summed E-state index contributed by atoms with van der Waals surface area (Å²) in [5, 5.41) is 9.55. The molecule has 0 spiro atoms. The minimum atomic E-state index is -0.726. The molecule has 1 fully saturated rings. The Kier molecular flexibility index (Phi) is 7.48. The maximum atomic E-state index is 12.4. The first-order valence-corrected chi connectivity index (χ1v) is 10.6. The molecular formula is C21H27N3O4S. The van der Waals surface area contributed by atoms with Crippen molar-refractivity contribution in [2.24, 2.45) is 0 Å². The number of methoxy groups -OCH3 is 2. The number of carbonyl (C=O) groups is 2. The molecule has 156 valence electrons. The highest BCUT2D eigenvalue weighted by atomic mass is 32.1. The number of amides is 2. The van der Waals surface area contributed by atoms with Gasteiger partial charge in [-0.15, -0.1) is 0 Å². The van der Waals surface area contributed by atoms with Crippen LogP contribution < -0.4 is 20.1 Å². The molecule has 1 aliphatic rings. The predicted molar refractivity (Wildman–Crippen MR) is 114 cm³/mol. The molecule has 1 aromatic heterocycles. The second-order valence-electron chi connectivity index (χ2n) is 6.90. The maximum Gasteiger partial charge on any atom is 0.313 e. The molecule has 2 N–H and O–H groups in total. The van der Waals surface area contributed by atoms with Gasteiger partial charge in [-0.1, -0.05) is 6.42 Å². The summed E-state index contributed by atoms with van der Waals surface area (Å²) < 4.78 is 10.4. The topological polar surface area (TPSA) is 79.9 Å². The van der Waals surface area contributed by atoms with Gasteiger partial charge in [0, 0.05) is 12.6 Å². The smallest absolute Gasteiger partial charge is 0.313 e. The van der Waals surface area contributed by atoms with Gasteiger partial charge in [0.2, 0.25) is 0 Å². The first-order chi connectivity index (χ1) is 14.1. The van der Waals surface area contributed by atoms with Gasteiger partial charge in [-0.05, 0) is 60.5 Å². The summed E-state index contributed by atoms with van der Waals surface area (Å²) in [6, 6.07) is 7.15. The Labute approximate surface area is 175 Å². The number of hydrogen-bond donors (Lipinski definition) is 2. The number of anilines is 1. The molecule has 0 saturated carbocycles. The molecule has 1 atom stereocenters. The molecule has 1 aliphatic heterocycles. The van der Waals surface area contributed by atoms with E-state index in [1.54, 1.807) is 36.6 Å². The average molecular weight is 418 g/mol. The molecule has 0 bridgehead atoms. The summed E-state index contributed by atoms with van der Waals surface area (Å²) in [6.45, 7) is 2.40. The third kappa shape index (κ3) is 5.48. The number of hydrogen-bond acceptors (Lipinski definition) is 6. The van der Waals surface area contributed by atoms with Gasteiger partial charge in [-0.25, -0.2) is 0 Å². The SMILES string of the molecule is COc1ccc(NC(=O)C(=O)NCC(c2ccsc2)N2CCCCC2)c(OC)c1. The van der Waals surface area contributed by atoms with Crippen molar-refractivity contribution >= 4 is 28.8 Å². The monoisotopic (exact) mass is 417 g/mol. The maximum absolute atomic E-state index is 12.4. The predicted octanol–water partition coefficient (Wildman–Crippen LogP) is 3.05. The standard InChI is InChI=1S/C21H27N3O4S/c1-27-16-6-7-17(19(12-16)28-2)23-21(26)20(25)22-13-18(15-8-11-29-14-15)24-9-4-3-5-10-24/h6-8,11-12,14,18H,3-5,9-10,13H2,1-2H3,(H,22,25)(H,23,26). The number of rotatable bonds is 7. The van der Waals surface area contributed by atoms with Crippen molar-refractivity contribution in [2.45, 2.75) is 25.3 Å². The van der Waals surface area contributed by atoms with Gasteiger partial charge in [0.25, 0.3) is 0 Å². The van der Waals surface area contributed by atoms with Crippen molar-refractivity contribution in [3.8, 4) is 11.5 Å². The quantitative estimate of drug-likeness (QED) is 0.677. The van der Waals surface area contributed by atoms with Crippen molar-refractivity contribution in [2.75, 3.05) is 39.2 Å². The first-order valence-electron chi connectivity index (χ1n) is 9.69. The van der Waals surface area contributed by atoms with Crippen molar-refractivity contribution in [1.82, 2.24) is 10.2 Å². The largest absolute Gasteiger partial charge is 0.497 e. The fraction of sp³-hybridized carbons (Fsp3) is 0.429. The zero-order valence-corrected chi connectivity index (χ0v) is 17.6.